The lowest BCUT2D eigenvalue weighted by atomic mass is 10.1. The minimum atomic E-state index is -1.26. The number of hydrogen-bond acceptors (Lipinski definition) is 4. The highest BCUT2D eigenvalue weighted by atomic mass is 16.4. The van der Waals surface area contributed by atoms with Gasteiger partial charge < -0.3 is 26.0 Å². The van der Waals surface area contributed by atoms with E-state index in [-0.39, 0.29) is 31.8 Å². The molecule has 0 fully saturated rings. The number of primary amides is 1. The van der Waals surface area contributed by atoms with Crippen LogP contribution in [-0.2, 0) is 14.4 Å². The molecule has 4 N–H and O–H groups in total. The topological polar surface area (TPSA) is 133 Å². The standard InChI is InChI=1S/C12H22N4O5/c1-4-16(7-10(18)15(2)3)12(21)14-8(11(19)20)5-6-9(13)17/h8H,4-7H2,1-3H3,(H2,13,17)(H,14,21)(H,19,20)/t8-/m1/s1. The fourth-order valence-corrected chi connectivity index (χ4v) is 1.42. The molecule has 21 heavy (non-hydrogen) atoms. The van der Waals surface area contributed by atoms with Gasteiger partial charge >= 0.3 is 12.0 Å². The molecule has 0 saturated heterocycles. The smallest absolute Gasteiger partial charge is 0.326 e. The monoisotopic (exact) mass is 302 g/mol. The molecule has 0 aromatic carbocycles. The summed E-state index contributed by atoms with van der Waals surface area (Å²) in [6, 6.07) is -1.90. The van der Waals surface area contributed by atoms with E-state index in [1.165, 1.54) is 9.80 Å². The molecule has 120 valence electrons. The summed E-state index contributed by atoms with van der Waals surface area (Å²) in [5.41, 5.74) is 4.95. The number of carboxylic acid groups (broad SMARTS) is 1. The number of hydrogen-bond donors (Lipinski definition) is 3. The molecular weight excluding hydrogens is 280 g/mol. The molecule has 0 aromatic rings. The van der Waals surface area contributed by atoms with E-state index in [9.17, 15) is 19.2 Å². The number of nitrogens with one attached hydrogen (secondary N) is 1. The summed E-state index contributed by atoms with van der Waals surface area (Å²) in [4.78, 5) is 47.8. The van der Waals surface area contributed by atoms with Gasteiger partial charge in [0.25, 0.3) is 0 Å². The molecule has 0 saturated carbocycles. The Morgan fingerprint density at radius 3 is 2.19 bits per heavy atom. The summed E-state index contributed by atoms with van der Waals surface area (Å²) in [5, 5.41) is 11.3. The molecule has 0 bridgehead atoms. The Morgan fingerprint density at radius 1 is 1.24 bits per heavy atom. The van der Waals surface area contributed by atoms with Gasteiger partial charge in [-0.2, -0.15) is 0 Å². The SMILES string of the molecule is CCN(CC(=O)N(C)C)C(=O)N[C@H](CCC(N)=O)C(=O)O. The third kappa shape index (κ3) is 7.14. The van der Waals surface area contributed by atoms with Crippen molar-refractivity contribution in [2.24, 2.45) is 5.73 Å². The molecule has 4 amide bonds. The van der Waals surface area contributed by atoms with Crippen molar-refractivity contribution in [3.63, 3.8) is 0 Å². The van der Waals surface area contributed by atoms with E-state index in [0.717, 1.165) is 0 Å². The summed E-state index contributed by atoms with van der Waals surface area (Å²) in [6.45, 7) is 1.76. The van der Waals surface area contributed by atoms with Crippen molar-refractivity contribution in [1.82, 2.24) is 15.1 Å². The first kappa shape index (κ1) is 18.7. The van der Waals surface area contributed by atoms with Gasteiger partial charge in [-0.05, 0) is 13.3 Å². The van der Waals surface area contributed by atoms with Crippen LogP contribution in [0.15, 0.2) is 0 Å². The average molecular weight is 302 g/mol. The van der Waals surface area contributed by atoms with Crippen molar-refractivity contribution in [3.8, 4) is 0 Å². The van der Waals surface area contributed by atoms with Crippen LogP contribution in [-0.4, -0.2) is 71.9 Å². The van der Waals surface area contributed by atoms with Crippen LogP contribution in [0, 0.1) is 0 Å². The number of carbonyl (C=O) groups is 4. The molecule has 9 nitrogen and oxygen atoms in total. The minimum absolute atomic E-state index is 0.102. The van der Waals surface area contributed by atoms with Gasteiger partial charge in [-0.3, -0.25) is 9.59 Å². The normalized spacial score (nSPS) is 11.4. The predicted molar refractivity (Wildman–Crippen MR) is 74.3 cm³/mol. The Hall–Kier alpha value is -2.32. The Morgan fingerprint density at radius 2 is 1.81 bits per heavy atom. The molecule has 9 heteroatoms. The lowest BCUT2D eigenvalue weighted by Gasteiger charge is -2.24. The number of rotatable bonds is 8. The summed E-state index contributed by atoms with van der Waals surface area (Å²) in [5.74, 6) is -2.19. The van der Waals surface area contributed by atoms with Crippen LogP contribution in [0.5, 0.6) is 0 Å². The molecule has 0 aliphatic heterocycles. The molecule has 0 rings (SSSR count). The molecule has 0 aliphatic carbocycles. The first-order valence-corrected chi connectivity index (χ1v) is 6.45. The molecule has 0 aromatic heterocycles. The fourth-order valence-electron chi connectivity index (χ4n) is 1.42. The molecule has 1 atom stereocenters. The third-order valence-corrected chi connectivity index (χ3v) is 2.77. The van der Waals surface area contributed by atoms with E-state index in [2.05, 4.69) is 5.32 Å². The van der Waals surface area contributed by atoms with Crippen LogP contribution in [0.4, 0.5) is 4.79 Å². The Labute approximate surface area is 123 Å². The number of nitrogens with two attached hydrogens (primary N) is 1. The zero-order valence-electron chi connectivity index (χ0n) is 12.5. The maximum Gasteiger partial charge on any atom is 0.326 e. The van der Waals surface area contributed by atoms with Crippen molar-refractivity contribution in [3.05, 3.63) is 0 Å². The van der Waals surface area contributed by atoms with E-state index >= 15 is 0 Å². The van der Waals surface area contributed by atoms with Gasteiger partial charge in [0.2, 0.25) is 11.8 Å². The molecule has 0 aliphatic rings. The van der Waals surface area contributed by atoms with Gasteiger partial charge in [-0.25, -0.2) is 9.59 Å². The van der Waals surface area contributed by atoms with Gasteiger partial charge in [0, 0.05) is 27.1 Å². The van der Waals surface area contributed by atoms with Crippen LogP contribution in [0.25, 0.3) is 0 Å². The minimum Gasteiger partial charge on any atom is -0.480 e. The number of amides is 4. The van der Waals surface area contributed by atoms with Gasteiger partial charge in [-0.1, -0.05) is 0 Å². The summed E-state index contributed by atoms with van der Waals surface area (Å²) < 4.78 is 0. The first-order chi connectivity index (χ1) is 9.68. The predicted octanol–water partition coefficient (Wildman–Crippen LogP) is -1.18. The average Bonchev–Trinajstić information content (AvgIpc) is 2.39. The van der Waals surface area contributed by atoms with Gasteiger partial charge in [0.15, 0.2) is 0 Å². The summed E-state index contributed by atoms with van der Waals surface area (Å²) in [7, 11) is 3.11. The maximum absolute atomic E-state index is 12.0. The molecule has 0 heterocycles. The largest absolute Gasteiger partial charge is 0.480 e. The third-order valence-electron chi connectivity index (χ3n) is 2.77. The number of nitrogens with zero attached hydrogens (tertiary/aromatic N) is 2. The maximum atomic E-state index is 12.0. The Bertz CT molecular complexity index is 410. The summed E-state index contributed by atoms with van der Waals surface area (Å²) >= 11 is 0. The van der Waals surface area contributed by atoms with Crippen molar-refractivity contribution in [2.45, 2.75) is 25.8 Å². The van der Waals surface area contributed by atoms with Crippen molar-refractivity contribution in [2.75, 3.05) is 27.2 Å². The molecular formula is C12H22N4O5. The van der Waals surface area contributed by atoms with Crippen LogP contribution in [0.1, 0.15) is 19.8 Å². The molecule has 0 radical (unpaired) electrons. The number of carbonyl (C=O) groups excluding carboxylic acids is 3. The van der Waals surface area contributed by atoms with Gasteiger partial charge in [-0.15, -0.1) is 0 Å². The number of urea groups is 1. The quantitative estimate of drug-likeness (QED) is 0.519. The zero-order valence-corrected chi connectivity index (χ0v) is 12.5. The van der Waals surface area contributed by atoms with E-state index in [4.69, 9.17) is 10.8 Å². The summed E-state index contributed by atoms with van der Waals surface area (Å²) in [6.07, 6.45) is -0.254. The highest BCUT2D eigenvalue weighted by molar-refractivity contribution is 5.86. The Balaban J connectivity index is 4.66. The van der Waals surface area contributed by atoms with Crippen molar-refractivity contribution < 1.29 is 24.3 Å². The van der Waals surface area contributed by atoms with Crippen LogP contribution < -0.4 is 11.1 Å². The van der Waals surface area contributed by atoms with E-state index in [1.54, 1.807) is 21.0 Å². The van der Waals surface area contributed by atoms with Gasteiger partial charge in [0.05, 0.1) is 0 Å². The lowest BCUT2D eigenvalue weighted by Crippen LogP contribution is -2.50. The number of aliphatic carboxylic acids is 1. The van der Waals surface area contributed by atoms with Crippen LogP contribution in [0.3, 0.4) is 0 Å². The first-order valence-electron chi connectivity index (χ1n) is 6.45. The number of carboxylic acids is 1. The lowest BCUT2D eigenvalue weighted by molar-refractivity contribution is -0.139. The van der Waals surface area contributed by atoms with Crippen molar-refractivity contribution in [1.29, 1.82) is 0 Å². The molecule has 0 unspecified atom stereocenters. The van der Waals surface area contributed by atoms with Crippen molar-refractivity contribution >= 4 is 23.8 Å². The van der Waals surface area contributed by atoms with Crippen LogP contribution >= 0.6 is 0 Å². The highest BCUT2D eigenvalue weighted by Crippen LogP contribution is 2.00. The zero-order chi connectivity index (χ0) is 16.6. The van der Waals surface area contributed by atoms with Crippen LogP contribution in [0.2, 0.25) is 0 Å². The number of likely N-dealkylation sites (N-methyl/N-ethyl adjacent to an activating group) is 2. The second kappa shape index (κ2) is 8.77. The van der Waals surface area contributed by atoms with E-state index in [0.29, 0.717) is 0 Å². The highest BCUT2D eigenvalue weighted by Gasteiger charge is 2.24. The second-order valence-corrected chi connectivity index (χ2v) is 4.65. The van der Waals surface area contributed by atoms with E-state index < -0.39 is 23.9 Å². The second-order valence-electron chi connectivity index (χ2n) is 4.65. The Kier molecular flexibility index (Phi) is 7.80. The van der Waals surface area contributed by atoms with Gasteiger partial charge in [0.1, 0.15) is 12.6 Å². The molecule has 0 spiro atoms. The van der Waals surface area contributed by atoms with E-state index in [1.807, 2.05) is 0 Å². The fraction of sp³-hybridized carbons (Fsp3) is 0.667.